The molecule has 2 atom stereocenters. The Kier molecular flexibility index (Phi) is 12.9. The van der Waals surface area contributed by atoms with E-state index in [9.17, 15) is 14.0 Å². The molecule has 3 N–H and O–H groups in total. The maximum Gasteiger partial charge on any atom is 0.272 e. The molecule has 7 aromatic rings. The van der Waals surface area contributed by atoms with Gasteiger partial charge in [0.25, 0.3) is 5.56 Å². The number of halogens is 1. The molecule has 316 valence electrons. The van der Waals surface area contributed by atoms with Crippen molar-refractivity contribution in [2.24, 2.45) is 7.05 Å². The summed E-state index contributed by atoms with van der Waals surface area (Å²) in [7, 11) is 3.90. The Morgan fingerprint density at radius 1 is 0.871 bits per heavy atom. The van der Waals surface area contributed by atoms with Crippen LogP contribution in [-0.4, -0.2) is 62.5 Å². The molecule has 11 nitrogen and oxygen atoms in total. The quantitative estimate of drug-likeness (QED) is 0.0612. The zero-order valence-electron chi connectivity index (χ0n) is 35.3. The number of aromatic nitrogens is 5. The number of aryl methyl sites for hydroxylation is 1. The molecule has 0 spiro atoms. The molecule has 0 saturated heterocycles. The van der Waals surface area contributed by atoms with Gasteiger partial charge in [0, 0.05) is 36.8 Å². The number of ether oxygens (including phenoxy) is 1. The van der Waals surface area contributed by atoms with Gasteiger partial charge in [0.05, 0.1) is 23.0 Å². The maximum atomic E-state index is 14.7. The third kappa shape index (κ3) is 9.35. The van der Waals surface area contributed by atoms with Crippen LogP contribution in [0.5, 0.6) is 5.75 Å². The summed E-state index contributed by atoms with van der Waals surface area (Å²) in [5.41, 5.74) is 8.28. The highest BCUT2D eigenvalue weighted by atomic mass is 19.1. The summed E-state index contributed by atoms with van der Waals surface area (Å²) in [6.07, 6.45) is 5.51. The summed E-state index contributed by atoms with van der Waals surface area (Å²) in [6, 6.07) is 39.4. The first-order valence-corrected chi connectivity index (χ1v) is 21.2. The average molecular weight is 831 g/mol. The monoisotopic (exact) mass is 830 g/mol. The zero-order valence-corrected chi connectivity index (χ0v) is 35.3. The van der Waals surface area contributed by atoms with Crippen LogP contribution in [-0.2, 0) is 11.8 Å². The predicted octanol–water partition coefficient (Wildman–Crippen LogP) is 9.37. The molecule has 0 bridgehead atoms. The van der Waals surface area contributed by atoms with Crippen LogP contribution in [0.15, 0.2) is 132 Å². The Labute approximate surface area is 360 Å². The largest absolute Gasteiger partial charge is 0.492 e. The van der Waals surface area contributed by atoms with Crippen molar-refractivity contribution >= 4 is 39.2 Å². The van der Waals surface area contributed by atoms with Gasteiger partial charge in [-0.3, -0.25) is 14.3 Å². The van der Waals surface area contributed by atoms with Gasteiger partial charge in [-0.2, -0.15) is 10.2 Å². The molecular formula is C50H51FN8O3. The van der Waals surface area contributed by atoms with Crippen molar-refractivity contribution in [1.29, 1.82) is 0 Å². The number of carbonyl (C=O) groups is 1. The Morgan fingerprint density at radius 2 is 1.58 bits per heavy atom. The van der Waals surface area contributed by atoms with Gasteiger partial charge in [-0.05, 0) is 103 Å². The molecule has 2 aromatic heterocycles. The second-order valence-corrected chi connectivity index (χ2v) is 15.8. The smallest absolute Gasteiger partial charge is 0.272 e. The number of nitrogens with zero attached hydrogens (tertiary/aromatic N) is 5. The average Bonchev–Trinajstić information content (AvgIpc) is 3.72. The highest BCUT2D eigenvalue weighted by molar-refractivity contribution is 5.99. The van der Waals surface area contributed by atoms with Gasteiger partial charge in [0.15, 0.2) is 0 Å². The van der Waals surface area contributed by atoms with Crippen LogP contribution in [0.3, 0.4) is 0 Å². The highest BCUT2D eigenvalue weighted by Gasteiger charge is 2.38. The van der Waals surface area contributed by atoms with E-state index < -0.39 is 23.3 Å². The Bertz CT molecular complexity index is 2720. The molecule has 5 aromatic carbocycles. The Hall–Kier alpha value is -6.92. The van der Waals surface area contributed by atoms with Crippen LogP contribution in [0.1, 0.15) is 84.8 Å². The van der Waals surface area contributed by atoms with Crippen molar-refractivity contribution in [3.8, 4) is 5.75 Å². The summed E-state index contributed by atoms with van der Waals surface area (Å²) >= 11 is 0. The SMILES string of the molecule is CC/C(=C(\c1ccccc1)c1ccc(OCCN(C)CCCCCC(=O)Nc2ccc([C@H]3Nc4cc(F)cc5c(=O)[nH]nc(c45)[C@@H]3c3ncnn3C)cc2)cc1)c1ccccc1. The van der Waals surface area contributed by atoms with Crippen molar-refractivity contribution in [2.75, 3.05) is 37.4 Å². The molecule has 0 saturated carbocycles. The number of carbonyl (C=O) groups excluding carboxylic acids is 1. The molecule has 1 amide bonds. The van der Waals surface area contributed by atoms with Gasteiger partial charge in [-0.1, -0.05) is 98.3 Å². The third-order valence-electron chi connectivity index (χ3n) is 11.6. The number of aromatic amines is 1. The number of H-pyrrole nitrogens is 1. The number of rotatable bonds is 17. The summed E-state index contributed by atoms with van der Waals surface area (Å²) in [6.45, 7) is 4.51. The first-order valence-electron chi connectivity index (χ1n) is 21.2. The van der Waals surface area contributed by atoms with Crippen LogP contribution in [0.2, 0.25) is 0 Å². The fourth-order valence-electron chi connectivity index (χ4n) is 8.45. The predicted molar refractivity (Wildman–Crippen MR) is 244 cm³/mol. The highest BCUT2D eigenvalue weighted by Crippen LogP contribution is 2.46. The van der Waals surface area contributed by atoms with Crippen molar-refractivity contribution in [2.45, 2.75) is 51.0 Å². The van der Waals surface area contributed by atoms with E-state index in [1.807, 2.05) is 24.3 Å². The molecule has 0 unspecified atom stereocenters. The molecule has 12 heteroatoms. The maximum absolute atomic E-state index is 14.7. The number of anilines is 2. The topological polar surface area (TPSA) is 130 Å². The Morgan fingerprint density at radius 3 is 2.27 bits per heavy atom. The molecular weight excluding hydrogens is 780 g/mol. The van der Waals surface area contributed by atoms with Crippen molar-refractivity contribution < 1.29 is 13.9 Å². The number of amides is 1. The Balaban J connectivity index is 0.794. The number of benzene rings is 5. The van der Waals surface area contributed by atoms with Crippen LogP contribution in [0, 0.1) is 5.82 Å². The van der Waals surface area contributed by atoms with Gasteiger partial charge in [0.1, 0.15) is 30.3 Å². The van der Waals surface area contributed by atoms with Crippen molar-refractivity contribution in [3.63, 3.8) is 0 Å². The van der Waals surface area contributed by atoms with Gasteiger partial charge in [0.2, 0.25) is 5.91 Å². The van der Waals surface area contributed by atoms with E-state index in [1.54, 1.807) is 11.7 Å². The molecule has 62 heavy (non-hydrogen) atoms. The summed E-state index contributed by atoms with van der Waals surface area (Å²) in [5, 5.41) is 18.5. The minimum Gasteiger partial charge on any atom is -0.492 e. The minimum absolute atomic E-state index is 0.0418. The van der Waals surface area contributed by atoms with Crippen LogP contribution < -0.4 is 20.9 Å². The summed E-state index contributed by atoms with van der Waals surface area (Å²) in [5.74, 6) is 0.470. The number of unbranched alkanes of at least 4 members (excludes halogenated alkanes) is 2. The standard InChI is InChI=1S/C50H51FN8O3/c1-4-40(33-14-8-5-9-15-33)44(34-16-10-6-11-17-34)35-21-25-39(26-22-35)62-29-28-58(2)27-13-7-12-18-43(60)54-38-23-19-36(20-24-38)47-46(49-52-32-53-59(49)3)48-45-41(50(61)57-56-48)30-37(51)31-42(45)55-47/h5-6,8-11,14-17,19-26,30-32,46-47,55H,4,7,12-13,18,27-29H2,1-3H3,(H,54,60)(H,57,61)/b44-40-/t46-,47-/m1/s1. The number of hydrogen-bond donors (Lipinski definition) is 3. The lowest BCUT2D eigenvalue weighted by Crippen LogP contribution is -2.30. The number of allylic oxidation sites excluding steroid dienone is 1. The first kappa shape index (κ1) is 41.8. The number of likely N-dealkylation sites (N-methyl/N-ethyl adjacent to an activating group) is 1. The molecule has 0 fully saturated rings. The second-order valence-electron chi connectivity index (χ2n) is 15.8. The third-order valence-corrected chi connectivity index (χ3v) is 11.6. The second kappa shape index (κ2) is 19.2. The van der Waals surface area contributed by atoms with E-state index in [4.69, 9.17) is 4.74 Å². The van der Waals surface area contributed by atoms with E-state index in [0.29, 0.717) is 41.3 Å². The normalized spacial score (nSPS) is 15.0. The van der Waals surface area contributed by atoms with E-state index >= 15 is 0 Å². The van der Waals surface area contributed by atoms with E-state index in [0.717, 1.165) is 55.6 Å². The molecule has 8 rings (SSSR count). The lowest BCUT2D eigenvalue weighted by atomic mass is 9.83. The van der Waals surface area contributed by atoms with E-state index in [2.05, 4.69) is 135 Å². The van der Waals surface area contributed by atoms with Gasteiger partial charge in [-0.15, -0.1) is 0 Å². The summed E-state index contributed by atoms with van der Waals surface area (Å²) < 4.78 is 22.5. The van der Waals surface area contributed by atoms with E-state index in [1.165, 1.54) is 40.7 Å². The van der Waals surface area contributed by atoms with Crippen LogP contribution in [0.25, 0.3) is 21.9 Å². The molecule has 0 radical (unpaired) electrons. The van der Waals surface area contributed by atoms with Gasteiger partial charge < -0.3 is 20.3 Å². The zero-order chi connectivity index (χ0) is 43.0. The van der Waals surface area contributed by atoms with Gasteiger partial charge in [-0.25, -0.2) is 14.5 Å². The molecule has 1 aliphatic heterocycles. The lowest BCUT2D eigenvalue weighted by molar-refractivity contribution is -0.116. The van der Waals surface area contributed by atoms with Crippen LogP contribution in [0.4, 0.5) is 15.8 Å². The van der Waals surface area contributed by atoms with E-state index in [-0.39, 0.29) is 11.3 Å². The molecule has 0 aliphatic carbocycles. The van der Waals surface area contributed by atoms with Crippen molar-refractivity contribution in [1.82, 2.24) is 29.9 Å². The number of nitrogens with one attached hydrogen (secondary N) is 3. The lowest BCUT2D eigenvalue weighted by Gasteiger charge is -2.33. The fourth-order valence-corrected chi connectivity index (χ4v) is 8.45. The van der Waals surface area contributed by atoms with Crippen LogP contribution >= 0.6 is 0 Å². The number of hydrogen-bond acceptors (Lipinski definition) is 8. The molecule has 1 aliphatic rings. The molecule has 3 heterocycles. The van der Waals surface area contributed by atoms with Crippen molar-refractivity contribution in [3.05, 3.63) is 178 Å². The minimum atomic E-state index is -0.525. The fraction of sp³-hybridized carbons (Fsp3) is 0.260. The summed E-state index contributed by atoms with van der Waals surface area (Å²) in [4.78, 5) is 32.3. The van der Waals surface area contributed by atoms with Gasteiger partial charge >= 0.3 is 0 Å². The first-order chi connectivity index (χ1) is 30.3.